The molecule has 1 aliphatic rings. The monoisotopic (exact) mass is 525 g/mol. The van der Waals surface area contributed by atoms with Crippen molar-refractivity contribution in [2.24, 2.45) is 19.3 Å². The predicted octanol–water partition coefficient (Wildman–Crippen LogP) is 4.72. The van der Waals surface area contributed by atoms with Crippen LogP contribution in [0.15, 0.2) is 57.2 Å². The fourth-order valence-corrected chi connectivity index (χ4v) is 4.99. The largest absolute Gasteiger partial charge is 0.390 e. The first-order valence-electron chi connectivity index (χ1n) is 11.6. The van der Waals surface area contributed by atoms with Crippen LogP contribution in [0.3, 0.4) is 0 Å². The fourth-order valence-electron chi connectivity index (χ4n) is 4.47. The average Bonchev–Trinajstić information content (AvgIpc) is 3.47. The van der Waals surface area contributed by atoms with E-state index in [1.54, 1.807) is 19.2 Å². The minimum absolute atomic E-state index is 0.309. The molecule has 1 unspecified atom stereocenters. The molecule has 4 aromatic rings. The van der Waals surface area contributed by atoms with Crippen molar-refractivity contribution < 1.29 is 4.84 Å². The van der Waals surface area contributed by atoms with E-state index >= 15 is 0 Å². The highest BCUT2D eigenvalue weighted by Gasteiger charge is 2.28. The number of hydrogen-bond donors (Lipinski definition) is 0. The SMILES string of the molecule is CC(C)c1ccc(-c2nc3c(c(=O)n(C)c(=O)n3C)n2CC2CC(c3ccc(Cl)cc3Cl)=NO2)cc1. The van der Waals surface area contributed by atoms with Gasteiger partial charge in [0.1, 0.15) is 5.82 Å². The van der Waals surface area contributed by atoms with Crippen molar-refractivity contribution in [3.05, 3.63) is 84.5 Å². The third-order valence-corrected chi connectivity index (χ3v) is 7.09. The summed E-state index contributed by atoms with van der Waals surface area (Å²) >= 11 is 12.4. The zero-order chi connectivity index (χ0) is 25.7. The van der Waals surface area contributed by atoms with Gasteiger partial charge >= 0.3 is 5.69 Å². The number of halogens is 2. The molecule has 0 saturated carbocycles. The molecule has 2 aromatic heterocycles. The van der Waals surface area contributed by atoms with Gasteiger partial charge in [0.25, 0.3) is 5.56 Å². The Bertz CT molecular complexity index is 1630. The van der Waals surface area contributed by atoms with E-state index in [2.05, 4.69) is 31.1 Å². The molecule has 3 heterocycles. The van der Waals surface area contributed by atoms with Gasteiger partial charge in [0.05, 0.1) is 17.3 Å². The molecule has 2 aromatic carbocycles. The molecule has 0 amide bonds. The molecule has 0 aliphatic carbocycles. The van der Waals surface area contributed by atoms with Gasteiger partial charge in [-0.2, -0.15) is 0 Å². The van der Waals surface area contributed by atoms with Gasteiger partial charge in [-0.3, -0.25) is 13.9 Å². The van der Waals surface area contributed by atoms with E-state index in [1.165, 1.54) is 17.2 Å². The molecule has 1 atom stereocenters. The van der Waals surface area contributed by atoms with Gasteiger partial charge in [0.2, 0.25) is 0 Å². The van der Waals surface area contributed by atoms with Crippen LogP contribution in [0.2, 0.25) is 10.0 Å². The van der Waals surface area contributed by atoms with E-state index in [4.69, 9.17) is 33.0 Å². The lowest BCUT2D eigenvalue weighted by Gasteiger charge is -2.14. The van der Waals surface area contributed by atoms with Crippen molar-refractivity contribution in [1.82, 2.24) is 18.7 Å². The summed E-state index contributed by atoms with van der Waals surface area (Å²) in [6.07, 6.45) is 0.124. The Morgan fingerprint density at radius 1 is 1.06 bits per heavy atom. The van der Waals surface area contributed by atoms with Crippen LogP contribution in [0.4, 0.5) is 0 Å². The van der Waals surface area contributed by atoms with Gasteiger partial charge in [-0.25, -0.2) is 9.78 Å². The van der Waals surface area contributed by atoms with Crippen molar-refractivity contribution in [2.45, 2.75) is 38.8 Å². The van der Waals surface area contributed by atoms with Gasteiger partial charge in [0.15, 0.2) is 17.3 Å². The summed E-state index contributed by atoms with van der Waals surface area (Å²) in [5, 5.41) is 5.30. The highest BCUT2D eigenvalue weighted by molar-refractivity contribution is 6.37. The van der Waals surface area contributed by atoms with Crippen LogP contribution >= 0.6 is 23.2 Å². The van der Waals surface area contributed by atoms with Crippen LogP contribution in [0.1, 0.15) is 37.3 Å². The maximum absolute atomic E-state index is 13.2. The number of benzene rings is 2. The molecule has 0 spiro atoms. The van der Waals surface area contributed by atoms with Gasteiger partial charge in [0, 0.05) is 36.7 Å². The standard InChI is InChI=1S/C26H25Cl2N5O3/c1-14(2)15-5-7-16(8-6-15)23-29-24-22(25(34)32(4)26(35)31(24)3)33(23)13-18-12-21(30-36-18)19-10-9-17(27)11-20(19)28/h5-11,14,18H,12-13H2,1-4H3. The molecule has 8 nitrogen and oxygen atoms in total. The van der Waals surface area contributed by atoms with Crippen molar-refractivity contribution >= 4 is 40.1 Å². The normalized spacial score (nSPS) is 15.5. The number of aromatic nitrogens is 4. The second-order valence-corrected chi connectivity index (χ2v) is 10.1. The molecule has 0 bridgehead atoms. The molecular weight excluding hydrogens is 501 g/mol. The van der Waals surface area contributed by atoms with Gasteiger partial charge in [-0.05, 0) is 23.6 Å². The maximum Gasteiger partial charge on any atom is 0.332 e. The lowest BCUT2D eigenvalue weighted by Crippen LogP contribution is -2.37. The van der Waals surface area contributed by atoms with Crippen LogP contribution in [0, 0.1) is 0 Å². The topological polar surface area (TPSA) is 83.4 Å². The smallest absolute Gasteiger partial charge is 0.332 e. The lowest BCUT2D eigenvalue weighted by molar-refractivity contribution is 0.0736. The van der Waals surface area contributed by atoms with Crippen LogP contribution in [0.5, 0.6) is 0 Å². The van der Waals surface area contributed by atoms with Gasteiger partial charge in [-0.1, -0.05) is 72.5 Å². The molecule has 186 valence electrons. The Labute approximate surface area is 217 Å². The number of fused-ring (bicyclic) bond motifs is 1. The van der Waals surface area contributed by atoms with Gasteiger partial charge < -0.3 is 9.40 Å². The second-order valence-electron chi connectivity index (χ2n) is 9.29. The summed E-state index contributed by atoms with van der Waals surface area (Å²) in [6.45, 7) is 4.57. The van der Waals surface area contributed by atoms with Crippen molar-refractivity contribution in [2.75, 3.05) is 0 Å². The van der Waals surface area contributed by atoms with E-state index in [0.717, 1.165) is 15.7 Å². The van der Waals surface area contributed by atoms with E-state index in [9.17, 15) is 9.59 Å². The predicted molar refractivity (Wildman–Crippen MR) is 142 cm³/mol. The highest BCUT2D eigenvalue weighted by atomic mass is 35.5. The minimum atomic E-state index is -0.432. The maximum atomic E-state index is 13.2. The van der Waals surface area contributed by atoms with Crippen LogP contribution in [0.25, 0.3) is 22.6 Å². The summed E-state index contributed by atoms with van der Waals surface area (Å²) in [5.74, 6) is 0.966. The average molecular weight is 526 g/mol. The van der Waals surface area contributed by atoms with Crippen molar-refractivity contribution in [3.8, 4) is 11.4 Å². The minimum Gasteiger partial charge on any atom is -0.390 e. The first-order chi connectivity index (χ1) is 17.2. The van der Waals surface area contributed by atoms with Crippen LogP contribution < -0.4 is 11.2 Å². The first-order valence-corrected chi connectivity index (χ1v) is 12.4. The fraction of sp³-hybridized carbons (Fsp3) is 0.308. The zero-order valence-corrected chi connectivity index (χ0v) is 21.8. The Morgan fingerprint density at radius 3 is 2.44 bits per heavy atom. The van der Waals surface area contributed by atoms with E-state index < -0.39 is 11.2 Å². The van der Waals surface area contributed by atoms with E-state index in [-0.39, 0.29) is 6.10 Å². The number of aryl methyl sites for hydroxylation is 1. The number of hydrogen-bond acceptors (Lipinski definition) is 5. The molecule has 10 heteroatoms. The molecule has 0 radical (unpaired) electrons. The zero-order valence-electron chi connectivity index (χ0n) is 20.3. The Kier molecular flexibility index (Phi) is 6.26. The lowest BCUT2D eigenvalue weighted by atomic mass is 10.0. The number of rotatable bonds is 5. The second kappa shape index (κ2) is 9.26. The summed E-state index contributed by atoms with van der Waals surface area (Å²) in [7, 11) is 3.08. The number of nitrogens with zero attached hydrogens (tertiary/aromatic N) is 5. The highest BCUT2D eigenvalue weighted by Crippen LogP contribution is 2.29. The summed E-state index contributed by atoms with van der Waals surface area (Å²) in [4.78, 5) is 36.3. The molecule has 0 saturated heterocycles. The van der Waals surface area contributed by atoms with Gasteiger partial charge in [-0.15, -0.1) is 0 Å². The third-order valence-electron chi connectivity index (χ3n) is 6.54. The Morgan fingerprint density at radius 2 is 1.78 bits per heavy atom. The van der Waals surface area contributed by atoms with Crippen LogP contribution in [-0.2, 0) is 25.5 Å². The molecule has 36 heavy (non-hydrogen) atoms. The van der Waals surface area contributed by atoms with Crippen molar-refractivity contribution in [1.29, 1.82) is 0 Å². The van der Waals surface area contributed by atoms with E-state index in [1.807, 2.05) is 22.8 Å². The molecule has 0 fully saturated rings. The third kappa shape index (κ3) is 4.14. The van der Waals surface area contributed by atoms with Crippen molar-refractivity contribution in [3.63, 3.8) is 0 Å². The summed E-state index contributed by atoms with van der Waals surface area (Å²) in [5.41, 5.74) is 3.31. The quantitative estimate of drug-likeness (QED) is 0.377. The Balaban J connectivity index is 1.58. The Hall–Kier alpha value is -3.36. The molecule has 5 rings (SSSR count). The number of oxime groups is 1. The summed E-state index contributed by atoms with van der Waals surface area (Å²) in [6, 6.07) is 13.3. The van der Waals surface area contributed by atoms with E-state index in [0.29, 0.717) is 51.6 Å². The number of imidazole rings is 1. The molecular formula is C26H25Cl2N5O3. The molecule has 0 N–H and O–H groups in total. The first kappa shape index (κ1) is 24.3. The van der Waals surface area contributed by atoms with Crippen LogP contribution in [-0.4, -0.2) is 30.5 Å². The molecule has 1 aliphatic heterocycles. The summed E-state index contributed by atoms with van der Waals surface area (Å²) < 4.78 is 4.31.